The molecule has 1 aliphatic rings. The molecular formula is C17H27N3O. The molecular weight excluding hydrogens is 262 g/mol. The number of urea groups is 1. The van der Waals surface area contributed by atoms with E-state index in [0.29, 0.717) is 5.92 Å². The molecule has 0 spiro atoms. The van der Waals surface area contributed by atoms with E-state index in [-0.39, 0.29) is 12.1 Å². The number of carbonyl (C=O) groups is 1. The second-order valence-corrected chi connectivity index (χ2v) is 6.26. The van der Waals surface area contributed by atoms with Gasteiger partial charge in [-0.25, -0.2) is 4.79 Å². The molecule has 0 aromatic heterocycles. The fourth-order valence-electron chi connectivity index (χ4n) is 2.98. The fraction of sp³-hybridized carbons (Fsp3) is 0.588. The van der Waals surface area contributed by atoms with Crippen molar-refractivity contribution < 1.29 is 4.79 Å². The summed E-state index contributed by atoms with van der Waals surface area (Å²) in [5, 5.41) is 9.11. The van der Waals surface area contributed by atoms with Crippen LogP contribution < -0.4 is 16.0 Å². The number of anilines is 1. The van der Waals surface area contributed by atoms with Gasteiger partial charge in [0.25, 0.3) is 0 Å². The predicted octanol–water partition coefficient (Wildman–Crippen LogP) is 3.52. The topological polar surface area (TPSA) is 53.2 Å². The Labute approximate surface area is 127 Å². The van der Waals surface area contributed by atoms with Crippen molar-refractivity contribution in [3.05, 3.63) is 29.8 Å². The summed E-state index contributed by atoms with van der Waals surface area (Å²) >= 11 is 0. The summed E-state index contributed by atoms with van der Waals surface area (Å²) in [6.45, 7) is 5.16. The van der Waals surface area contributed by atoms with Gasteiger partial charge in [-0.3, -0.25) is 0 Å². The molecule has 0 saturated heterocycles. The Morgan fingerprint density at radius 3 is 2.86 bits per heavy atom. The minimum atomic E-state index is -0.108. The summed E-state index contributed by atoms with van der Waals surface area (Å²) in [7, 11) is 1.93. The molecule has 2 rings (SSSR count). The van der Waals surface area contributed by atoms with Crippen LogP contribution in [0.15, 0.2) is 24.3 Å². The predicted molar refractivity (Wildman–Crippen MR) is 87.4 cm³/mol. The lowest BCUT2D eigenvalue weighted by Gasteiger charge is -2.14. The number of carbonyl (C=O) groups excluding carboxylic acids is 1. The lowest BCUT2D eigenvalue weighted by Crippen LogP contribution is -2.32. The summed E-state index contributed by atoms with van der Waals surface area (Å²) in [5.41, 5.74) is 2.01. The maximum absolute atomic E-state index is 12.0. The van der Waals surface area contributed by atoms with E-state index in [4.69, 9.17) is 0 Å². The van der Waals surface area contributed by atoms with Crippen LogP contribution in [0.1, 0.15) is 44.7 Å². The minimum Gasteiger partial charge on any atom is -0.338 e. The van der Waals surface area contributed by atoms with E-state index in [1.54, 1.807) is 0 Å². The van der Waals surface area contributed by atoms with Gasteiger partial charge in [0.1, 0.15) is 0 Å². The Bertz CT molecular complexity index is 475. The van der Waals surface area contributed by atoms with Gasteiger partial charge >= 0.3 is 6.03 Å². The van der Waals surface area contributed by atoms with Crippen molar-refractivity contribution in [1.82, 2.24) is 10.6 Å². The molecule has 21 heavy (non-hydrogen) atoms. The van der Waals surface area contributed by atoms with Gasteiger partial charge in [-0.05, 0) is 56.3 Å². The molecule has 1 aromatic rings. The first kappa shape index (κ1) is 15.8. The van der Waals surface area contributed by atoms with Gasteiger partial charge < -0.3 is 16.0 Å². The average Bonchev–Trinajstić information content (AvgIpc) is 2.90. The Morgan fingerprint density at radius 1 is 1.38 bits per heavy atom. The second-order valence-electron chi connectivity index (χ2n) is 6.26. The average molecular weight is 289 g/mol. The van der Waals surface area contributed by atoms with E-state index in [9.17, 15) is 4.79 Å². The van der Waals surface area contributed by atoms with Crippen LogP contribution in [0.2, 0.25) is 0 Å². The van der Waals surface area contributed by atoms with Crippen LogP contribution in [0.25, 0.3) is 0 Å². The van der Waals surface area contributed by atoms with E-state index in [1.807, 2.05) is 25.2 Å². The number of benzene rings is 1. The van der Waals surface area contributed by atoms with E-state index in [1.165, 1.54) is 24.8 Å². The number of hydrogen-bond acceptors (Lipinski definition) is 2. The quantitative estimate of drug-likeness (QED) is 0.777. The van der Waals surface area contributed by atoms with Gasteiger partial charge in [0.2, 0.25) is 0 Å². The zero-order valence-electron chi connectivity index (χ0n) is 13.3. The summed E-state index contributed by atoms with van der Waals surface area (Å²) in [6, 6.07) is 8.13. The third-order valence-corrected chi connectivity index (χ3v) is 4.43. The molecule has 0 heterocycles. The van der Waals surface area contributed by atoms with Crippen molar-refractivity contribution in [2.45, 2.75) is 39.2 Å². The van der Waals surface area contributed by atoms with Gasteiger partial charge in [0.05, 0.1) is 0 Å². The Hall–Kier alpha value is -1.55. The highest BCUT2D eigenvalue weighted by atomic mass is 16.2. The molecule has 0 aliphatic heterocycles. The zero-order valence-corrected chi connectivity index (χ0v) is 13.3. The maximum atomic E-state index is 12.0. The highest BCUT2D eigenvalue weighted by Crippen LogP contribution is 2.29. The monoisotopic (exact) mass is 289 g/mol. The first-order valence-electron chi connectivity index (χ1n) is 7.90. The van der Waals surface area contributed by atoms with Crippen molar-refractivity contribution in [1.29, 1.82) is 0 Å². The van der Waals surface area contributed by atoms with E-state index >= 15 is 0 Å². The lowest BCUT2D eigenvalue weighted by atomic mass is 10.1. The lowest BCUT2D eigenvalue weighted by molar-refractivity contribution is 0.250. The normalized spacial score (nSPS) is 22.8. The van der Waals surface area contributed by atoms with Gasteiger partial charge in [0.15, 0.2) is 0 Å². The van der Waals surface area contributed by atoms with Gasteiger partial charge in [-0.15, -0.1) is 0 Å². The molecule has 116 valence electrons. The SMILES string of the molecule is CNC(C)c1cccc(NC(=O)NCC2CCC(C)C2)c1. The maximum Gasteiger partial charge on any atom is 0.319 e. The summed E-state index contributed by atoms with van der Waals surface area (Å²) < 4.78 is 0. The molecule has 1 aromatic carbocycles. The molecule has 1 aliphatic carbocycles. The van der Waals surface area contributed by atoms with E-state index in [2.05, 4.69) is 35.9 Å². The van der Waals surface area contributed by atoms with Crippen molar-refractivity contribution in [2.24, 2.45) is 11.8 Å². The number of rotatable bonds is 5. The zero-order chi connectivity index (χ0) is 15.2. The Morgan fingerprint density at radius 2 is 2.19 bits per heavy atom. The molecule has 3 atom stereocenters. The summed E-state index contributed by atoms with van der Waals surface area (Å²) in [4.78, 5) is 12.0. The van der Waals surface area contributed by atoms with Gasteiger partial charge in [-0.1, -0.05) is 25.5 Å². The smallest absolute Gasteiger partial charge is 0.319 e. The highest BCUT2D eigenvalue weighted by Gasteiger charge is 2.21. The molecule has 3 N–H and O–H groups in total. The largest absolute Gasteiger partial charge is 0.338 e. The minimum absolute atomic E-state index is 0.108. The summed E-state index contributed by atoms with van der Waals surface area (Å²) in [5.74, 6) is 1.45. The van der Waals surface area contributed by atoms with E-state index in [0.717, 1.165) is 18.2 Å². The van der Waals surface area contributed by atoms with Crippen LogP contribution in [0.3, 0.4) is 0 Å². The van der Waals surface area contributed by atoms with Crippen molar-refractivity contribution in [2.75, 3.05) is 18.9 Å². The van der Waals surface area contributed by atoms with Gasteiger partial charge in [-0.2, -0.15) is 0 Å². The number of nitrogens with one attached hydrogen (secondary N) is 3. The molecule has 0 radical (unpaired) electrons. The molecule has 1 fully saturated rings. The van der Waals surface area contributed by atoms with Crippen LogP contribution in [0.4, 0.5) is 10.5 Å². The van der Waals surface area contributed by atoms with Crippen LogP contribution >= 0.6 is 0 Å². The van der Waals surface area contributed by atoms with Crippen molar-refractivity contribution >= 4 is 11.7 Å². The molecule has 3 unspecified atom stereocenters. The Kier molecular flexibility index (Phi) is 5.62. The van der Waals surface area contributed by atoms with Crippen LogP contribution in [-0.4, -0.2) is 19.6 Å². The molecule has 2 amide bonds. The standard InChI is InChI=1S/C17H27N3O/c1-12-7-8-14(9-12)11-19-17(21)20-16-6-4-5-15(10-16)13(2)18-3/h4-6,10,12-14,18H,7-9,11H2,1-3H3,(H2,19,20,21). The number of amides is 2. The van der Waals surface area contributed by atoms with E-state index < -0.39 is 0 Å². The number of hydrogen-bond donors (Lipinski definition) is 3. The summed E-state index contributed by atoms with van der Waals surface area (Å²) in [6.07, 6.45) is 3.75. The molecule has 1 saturated carbocycles. The molecule has 0 bridgehead atoms. The molecule has 4 heteroatoms. The first-order valence-corrected chi connectivity index (χ1v) is 7.90. The third-order valence-electron chi connectivity index (χ3n) is 4.43. The third kappa shape index (κ3) is 4.74. The van der Waals surface area contributed by atoms with Gasteiger partial charge in [0, 0.05) is 18.3 Å². The van der Waals surface area contributed by atoms with Crippen LogP contribution in [-0.2, 0) is 0 Å². The van der Waals surface area contributed by atoms with Crippen LogP contribution in [0.5, 0.6) is 0 Å². The fourth-order valence-corrected chi connectivity index (χ4v) is 2.98. The second kappa shape index (κ2) is 7.46. The first-order chi connectivity index (χ1) is 10.1. The van der Waals surface area contributed by atoms with Crippen molar-refractivity contribution in [3.8, 4) is 0 Å². The highest BCUT2D eigenvalue weighted by molar-refractivity contribution is 5.89. The molecule has 4 nitrogen and oxygen atoms in total. The Balaban J connectivity index is 1.82. The van der Waals surface area contributed by atoms with Crippen molar-refractivity contribution in [3.63, 3.8) is 0 Å². The van der Waals surface area contributed by atoms with Crippen LogP contribution in [0, 0.1) is 11.8 Å².